The minimum atomic E-state index is -0.0372. The fraction of sp³-hybridized carbons (Fsp3) is 0.750. The van der Waals surface area contributed by atoms with Crippen LogP contribution in [0.3, 0.4) is 0 Å². The van der Waals surface area contributed by atoms with E-state index in [2.05, 4.69) is 15.3 Å². The van der Waals surface area contributed by atoms with Gasteiger partial charge in [0.05, 0.1) is 0 Å². The van der Waals surface area contributed by atoms with Crippen molar-refractivity contribution >= 4 is 5.91 Å². The molecule has 1 amide bonds. The Kier molecular flexibility index (Phi) is 4.58. The molecule has 1 aliphatic heterocycles. The average molecular weight is 290 g/mol. The van der Waals surface area contributed by atoms with Crippen molar-refractivity contribution in [2.24, 2.45) is 13.0 Å². The number of nitrogens with one attached hydrogen (secondary N) is 1. The molecule has 1 saturated carbocycles. The van der Waals surface area contributed by atoms with Gasteiger partial charge >= 0.3 is 0 Å². The highest BCUT2D eigenvalue weighted by Crippen LogP contribution is 2.26. The summed E-state index contributed by atoms with van der Waals surface area (Å²) in [5, 5.41) is 7.27. The molecule has 1 saturated heterocycles. The van der Waals surface area contributed by atoms with E-state index in [1.165, 1.54) is 32.2 Å². The molecule has 0 unspecified atom stereocenters. The Hall–Kier alpha value is -1.36. The maximum absolute atomic E-state index is 12.1. The molecule has 0 atom stereocenters. The maximum atomic E-state index is 12.1. The van der Waals surface area contributed by atoms with Gasteiger partial charge in [0, 0.05) is 38.9 Å². The van der Waals surface area contributed by atoms with E-state index in [0.29, 0.717) is 11.7 Å². The number of piperidine rings is 1. The van der Waals surface area contributed by atoms with Gasteiger partial charge in [0.15, 0.2) is 0 Å². The number of hydrogen-bond donors (Lipinski definition) is 1. The van der Waals surface area contributed by atoms with Crippen LogP contribution in [-0.2, 0) is 7.05 Å². The van der Waals surface area contributed by atoms with Crippen LogP contribution >= 0.6 is 0 Å². The Morgan fingerprint density at radius 1 is 1.29 bits per heavy atom. The maximum Gasteiger partial charge on any atom is 0.271 e. The molecule has 2 aliphatic rings. The highest BCUT2D eigenvalue weighted by Gasteiger charge is 2.24. The minimum Gasteiger partial charge on any atom is -0.348 e. The molecule has 1 aliphatic carbocycles. The first-order valence-electron chi connectivity index (χ1n) is 8.23. The van der Waals surface area contributed by atoms with E-state index in [-0.39, 0.29) is 5.91 Å². The van der Waals surface area contributed by atoms with Crippen LogP contribution in [0.5, 0.6) is 0 Å². The molecule has 2 fully saturated rings. The first kappa shape index (κ1) is 14.6. The van der Waals surface area contributed by atoms with Gasteiger partial charge in [-0.15, -0.1) is 0 Å². The van der Waals surface area contributed by atoms with E-state index < -0.39 is 0 Å². The van der Waals surface area contributed by atoms with Crippen molar-refractivity contribution in [3.63, 3.8) is 0 Å². The van der Waals surface area contributed by atoms with E-state index >= 15 is 0 Å². The fourth-order valence-corrected chi connectivity index (χ4v) is 3.61. The summed E-state index contributed by atoms with van der Waals surface area (Å²) in [7, 11) is 1.83. The van der Waals surface area contributed by atoms with Crippen LogP contribution in [0, 0.1) is 5.92 Å². The molecule has 0 bridgehead atoms. The molecule has 21 heavy (non-hydrogen) atoms. The molecule has 2 heterocycles. The van der Waals surface area contributed by atoms with Gasteiger partial charge in [0.2, 0.25) is 0 Å². The number of nitrogens with zero attached hydrogens (tertiary/aromatic N) is 3. The zero-order valence-corrected chi connectivity index (χ0v) is 12.9. The average Bonchev–Trinajstić information content (AvgIpc) is 3.12. The predicted octanol–water partition coefficient (Wildman–Crippen LogP) is 1.80. The highest BCUT2D eigenvalue weighted by molar-refractivity contribution is 5.92. The highest BCUT2D eigenvalue weighted by atomic mass is 16.2. The van der Waals surface area contributed by atoms with Gasteiger partial charge in [0.1, 0.15) is 5.69 Å². The lowest BCUT2D eigenvalue weighted by molar-refractivity contribution is 0.0900. The molecule has 0 aromatic carbocycles. The predicted molar refractivity (Wildman–Crippen MR) is 82.1 cm³/mol. The third-order valence-corrected chi connectivity index (χ3v) is 4.86. The Morgan fingerprint density at radius 3 is 2.62 bits per heavy atom. The van der Waals surface area contributed by atoms with Crippen molar-refractivity contribution in [1.29, 1.82) is 0 Å². The molecule has 116 valence electrons. The lowest BCUT2D eigenvalue weighted by atomic mass is 10.0. The van der Waals surface area contributed by atoms with Gasteiger partial charge in [-0.3, -0.25) is 9.48 Å². The van der Waals surface area contributed by atoms with E-state index in [9.17, 15) is 4.79 Å². The summed E-state index contributed by atoms with van der Waals surface area (Å²) >= 11 is 0. The Labute approximate surface area is 126 Å². The number of carbonyl (C=O) groups is 1. The fourth-order valence-electron chi connectivity index (χ4n) is 3.61. The summed E-state index contributed by atoms with van der Waals surface area (Å²) in [5.41, 5.74) is 0.519. The molecular weight excluding hydrogens is 264 g/mol. The van der Waals surface area contributed by atoms with Crippen LogP contribution in [0.25, 0.3) is 0 Å². The molecule has 1 N–H and O–H groups in total. The second-order valence-corrected chi connectivity index (χ2v) is 6.57. The monoisotopic (exact) mass is 290 g/mol. The van der Waals surface area contributed by atoms with Gasteiger partial charge in [-0.1, -0.05) is 12.8 Å². The van der Waals surface area contributed by atoms with Crippen molar-refractivity contribution in [3.05, 3.63) is 18.0 Å². The van der Waals surface area contributed by atoms with Gasteiger partial charge in [-0.05, 0) is 37.7 Å². The van der Waals surface area contributed by atoms with Crippen LogP contribution in [0.4, 0.5) is 0 Å². The summed E-state index contributed by atoms with van der Waals surface area (Å²) in [6.45, 7) is 3.49. The van der Waals surface area contributed by atoms with Gasteiger partial charge < -0.3 is 10.2 Å². The molecule has 1 aromatic rings. The van der Waals surface area contributed by atoms with Crippen molar-refractivity contribution in [3.8, 4) is 0 Å². The Morgan fingerprint density at radius 2 is 2.00 bits per heavy atom. The van der Waals surface area contributed by atoms with Gasteiger partial charge in [0.25, 0.3) is 5.91 Å². The van der Waals surface area contributed by atoms with Crippen molar-refractivity contribution < 1.29 is 4.79 Å². The topological polar surface area (TPSA) is 50.2 Å². The van der Waals surface area contributed by atoms with Crippen LogP contribution in [0.1, 0.15) is 49.0 Å². The summed E-state index contributed by atoms with van der Waals surface area (Å²) in [5.74, 6) is 0.884. The van der Waals surface area contributed by atoms with Crippen LogP contribution in [0.15, 0.2) is 12.3 Å². The number of aromatic nitrogens is 2. The number of hydrogen-bond acceptors (Lipinski definition) is 3. The summed E-state index contributed by atoms with van der Waals surface area (Å²) < 4.78 is 1.67. The smallest absolute Gasteiger partial charge is 0.271 e. The SMILES string of the molecule is Cn1ccc(C(=O)NC2CCN(CC3CCCC3)CC2)n1. The third-order valence-electron chi connectivity index (χ3n) is 4.86. The molecule has 0 spiro atoms. The molecule has 1 aromatic heterocycles. The van der Waals surface area contributed by atoms with E-state index in [4.69, 9.17) is 0 Å². The van der Waals surface area contributed by atoms with E-state index in [1.807, 2.05) is 7.05 Å². The lowest BCUT2D eigenvalue weighted by Crippen LogP contribution is -2.45. The van der Waals surface area contributed by atoms with Crippen molar-refractivity contribution in [2.75, 3.05) is 19.6 Å². The summed E-state index contributed by atoms with van der Waals surface area (Å²) in [4.78, 5) is 14.7. The van der Waals surface area contributed by atoms with Crippen molar-refractivity contribution in [2.45, 2.75) is 44.6 Å². The minimum absolute atomic E-state index is 0.0372. The second kappa shape index (κ2) is 6.60. The molecule has 3 rings (SSSR count). The Balaban J connectivity index is 1.42. The molecule has 5 heteroatoms. The largest absolute Gasteiger partial charge is 0.348 e. The number of amides is 1. The van der Waals surface area contributed by atoms with Crippen LogP contribution < -0.4 is 5.32 Å². The van der Waals surface area contributed by atoms with Crippen LogP contribution in [0.2, 0.25) is 0 Å². The normalized spacial score (nSPS) is 21.8. The van der Waals surface area contributed by atoms with E-state index in [0.717, 1.165) is 31.8 Å². The first-order valence-corrected chi connectivity index (χ1v) is 8.23. The molecular formula is C16H26N4O. The molecule has 0 radical (unpaired) electrons. The Bertz CT molecular complexity index is 470. The van der Waals surface area contributed by atoms with Gasteiger partial charge in [-0.2, -0.15) is 5.10 Å². The number of rotatable bonds is 4. The number of carbonyl (C=O) groups excluding carboxylic acids is 1. The van der Waals surface area contributed by atoms with Crippen LogP contribution in [-0.4, -0.2) is 46.3 Å². The standard InChI is InChI=1S/C16H26N4O/c1-19-9-8-15(18-19)16(21)17-14-6-10-20(11-7-14)12-13-4-2-3-5-13/h8-9,13-14H,2-7,10-12H2,1H3,(H,17,21). The van der Waals surface area contributed by atoms with Gasteiger partial charge in [-0.25, -0.2) is 0 Å². The summed E-state index contributed by atoms with van der Waals surface area (Å²) in [6, 6.07) is 2.07. The first-order chi connectivity index (χ1) is 10.2. The number of aryl methyl sites for hydroxylation is 1. The number of likely N-dealkylation sites (tertiary alicyclic amines) is 1. The second-order valence-electron chi connectivity index (χ2n) is 6.57. The quantitative estimate of drug-likeness (QED) is 0.920. The summed E-state index contributed by atoms with van der Waals surface area (Å²) in [6.07, 6.45) is 9.59. The third kappa shape index (κ3) is 3.84. The zero-order chi connectivity index (χ0) is 14.7. The van der Waals surface area contributed by atoms with E-state index in [1.54, 1.807) is 16.9 Å². The van der Waals surface area contributed by atoms with Crippen molar-refractivity contribution in [1.82, 2.24) is 20.0 Å². The zero-order valence-electron chi connectivity index (χ0n) is 12.9. The lowest BCUT2D eigenvalue weighted by Gasteiger charge is -2.33. The molecule has 5 nitrogen and oxygen atoms in total.